The van der Waals surface area contributed by atoms with Gasteiger partial charge in [0, 0.05) is 18.6 Å². The number of ether oxygens (including phenoxy) is 3. The van der Waals surface area contributed by atoms with E-state index in [1.807, 2.05) is 13.8 Å². The van der Waals surface area contributed by atoms with Crippen molar-refractivity contribution in [1.29, 1.82) is 0 Å². The van der Waals surface area contributed by atoms with Gasteiger partial charge in [-0.2, -0.15) is 4.98 Å². The molecule has 0 saturated carbocycles. The van der Waals surface area contributed by atoms with Gasteiger partial charge in [0.15, 0.2) is 23.9 Å². The van der Waals surface area contributed by atoms with Gasteiger partial charge in [-0.05, 0) is 18.1 Å². The first-order valence-corrected chi connectivity index (χ1v) is 10.5. The molecular formula is C23H24ClN3O6. The minimum Gasteiger partial charge on any atom is -0.493 e. The standard InChI is InChI=1S/C23H24ClN3O6/c1-13(2)9-20-26-21(33-27-20)12-32-23(29)15-10-18(30-3)19(31-4)11-17(15)25-22(28)14-7-5-6-8-16(14)24/h5-8,10-11,13H,9,12H2,1-4H3,(H,25,28). The maximum Gasteiger partial charge on any atom is 0.340 e. The van der Waals surface area contributed by atoms with Crippen molar-refractivity contribution < 1.29 is 28.3 Å². The molecule has 0 bridgehead atoms. The van der Waals surface area contributed by atoms with Gasteiger partial charge in [0.25, 0.3) is 11.8 Å². The Bertz CT molecular complexity index is 1140. The number of carbonyl (C=O) groups is 2. The molecule has 10 heteroatoms. The van der Waals surface area contributed by atoms with Crippen LogP contribution in [0.1, 0.15) is 46.3 Å². The second kappa shape index (κ2) is 10.8. The van der Waals surface area contributed by atoms with E-state index in [9.17, 15) is 9.59 Å². The molecule has 1 N–H and O–H groups in total. The van der Waals surface area contributed by atoms with Gasteiger partial charge in [-0.15, -0.1) is 0 Å². The van der Waals surface area contributed by atoms with Gasteiger partial charge in [0.05, 0.1) is 36.1 Å². The molecule has 9 nitrogen and oxygen atoms in total. The van der Waals surface area contributed by atoms with Crippen LogP contribution in [0.4, 0.5) is 5.69 Å². The molecule has 174 valence electrons. The Balaban J connectivity index is 1.84. The number of nitrogens with zero attached hydrogens (tertiary/aromatic N) is 2. The summed E-state index contributed by atoms with van der Waals surface area (Å²) in [4.78, 5) is 29.9. The minimum atomic E-state index is -0.728. The van der Waals surface area contributed by atoms with Crippen molar-refractivity contribution in [3.8, 4) is 11.5 Å². The van der Waals surface area contributed by atoms with E-state index >= 15 is 0 Å². The summed E-state index contributed by atoms with van der Waals surface area (Å²) < 4.78 is 21.1. The lowest BCUT2D eigenvalue weighted by Crippen LogP contribution is -2.17. The molecule has 33 heavy (non-hydrogen) atoms. The van der Waals surface area contributed by atoms with Crippen LogP contribution in [0.5, 0.6) is 11.5 Å². The fraction of sp³-hybridized carbons (Fsp3) is 0.304. The van der Waals surface area contributed by atoms with E-state index in [1.165, 1.54) is 26.4 Å². The molecule has 3 rings (SSSR count). The van der Waals surface area contributed by atoms with E-state index in [2.05, 4.69) is 15.5 Å². The fourth-order valence-corrected chi connectivity index (χ4v) is 3.21. The summed E-state index contributed by atoms with van der Waals surface area (Å²) in [7, 11) is 2.88. The van der Waals surface area contributed by atoms with Crippen molar-refractivity contribution in [2.45, 2.75) is 26.9 Å². The zero-order valence-corrected chi connectivity index (χ0v) is 19.4. The van der Waals surface area contributed by atoms with Crippen molar-refractivity contribution in [2.24, 2.45) is 5.92 Å². The fourth-order valence-electron chi connectivity index (χ4n) is 2.99. The van der Waals surface area contributed by atoms with Crippen LogP contribution < -0.4 is 14.8 Å². The molecule has 2 aromatic carbocycles. The number of hydrogen-bond acceptors (Lipinski definition) is 8. The van der Waals surface area contributed by atoms with Crippen LogP contribution >= 0.6 is 11.6 Å². The molecular weight excluding hydrogens is 450 g/mol. The highest BCUT2D eigenvalue weighted by Gasteiger charge is 2.22. The van der Waals surface area contributed by atoms with Crippen molar-refractivity contribution in [3.05, 3.63) is 64.3 Å². The third kappa shape index (κ3) is 6.01. The number of benzene rings is 2. The van der Waals surface area contributed by atoms with Crippen molar-refractivity contribution >= 4 is 29.2 Å². The molecule has 0 radical (unpaired) electrons. The smallest absolute Gasteiger partial charge is 0.340 e. The average molecular weight is 474 g/mol. The predicted octanol–water partition coefficient (Wildman–Crippen LogP) is 4.55. The van der Waals surface area contributed by atoms with E-state index in [1.54, 1.807) is 24.3 Å². The number of aromatic nitrogens is 2. The second-order valence-electron chi connectivity index (χ2n) is 7.47. The molecule has 1 aromatic heterocycles. The maximum atomic E-state index is 12.9. The van der Waals surface area contributed by atoms with Gasteiger partial charge in [0.2, 0.25) is 0 Å². The Morgan fingerprint density at radius 3 is 2.45 bits per heavy atom. The Kier molecular flexibility index (Phi) is 7.89. The lowest BCUT2D eigenvalue weighted by Gasteiger charge is -2.15. The molecule has 0 aliphatic rings. The summed E-state index contributed by atoms with van der Waals surface area (Å²) in [6, 6.07) is 9.45. The number of anilines is 1. The monoisotopic (exact) mass is 473 g/mol. The largest absolute Gasteiger partial charge is 0.493 e. The number of rotatable bonds is 9. The zero-order valence-electron chi connectivity index (χ0n) is 18.7. The third-order valence-electron chi connectivity index (χ3n) is 4.54. The van der Waals surface area contributed by atoms with Gasteiger partial charge in [-0.25, -0.2) is 4.79 Å². The molecule has 0 aliphatic heterocycles. The van der Waals surface area contributed by atoms with Gasteiger partial charge >= 0.3 is 5.97 Å². The van der Waals surface area contributed by atoms with E-state index in [-0.39, 0.29) is 40.1 Å². The number of esters is 1. The zero-order chi connectivity index (χ0) is 24.0. The first-order chi connectivity index (χ1) is 15.8. The number of nitrogens with one attached hydrogen (secondary N) is 1. The Labute approximate surface area is 196 Å². The van der Waals surface area contributed by atoms with Gasteiger partial charge in [-0.1, -0.05) is 42.7 Å². The molecule has 0 saturated heterocycles. The normalized spacial score (nSPS) is 10.7. The summed E-state index contributed by atoms with van der Waals surface area (Å²) >= 11 is 6.12. The number of carbonyl (C=O) groups excluding carboxylic acids is 2. The molecule has 3 aromatic rings. The minimum absolute atomic E-state index is 0.0509. The summed E-state index contributed by atoms with van der Waals surface area (Å²) in [5, 5.41) is 6.83. The highest BCUT2D eigenvalue weighted by Crippen LogP contribution is 2.34. The van der Waals surface area contributed by atoms with E-state index in [4.69, 9.17) is 30.3 Å². The van der Waals surface area contributed by atoms with Crippen LogP contribution in [0, 0.1) is 5.92 Å². The first-order valence-electron chi connectivity index (χ1n) is 10.1. The lowest BCUT2D eigenvalue weighted by molar-refractivity contribution is 0.0430. The SMILES string of the molecule is COc1cc(NC(=O)c2ccccc2Cl)c(C(=O)OCc2nc(CC(C)C)no2)cc1OC. The Morgan fingerprint density at radius 2 is 1.79 bits per heavy atom. The summed E-state index contributed by atoms with van der Waals surface area (Å²) in [5.74, 6) is 0.437. The second-order valence-corrected chi connectivity index (χ2v) is 7.87. The number of hydrogen-bond donors (Lipinski definition) is 1. The summed E-state index contributed by atoms with van der Waals surface area (Å²) in [6.45, 7) is 3.84. The topological polar surface area (TPSA) is 113 Å². The predicted molar refractivity (Wildman–Crippen MR) is 121 cm³/mol. The summed E-state index contributed by atoms with van der Waals surface area (Å²) in [5.41, 5.74) is 0.459. The average Bonchev–Trinajstić information content (AvgIpc) is 3.23. The molecule has 0 atom stereocenters. The molecule has 0 fully saturated rings. The van der Waals surface area contributed by atoms with E-state index in [0.717, 1.165) is 0 Å². The highest BCUT2D eigenvalue weighted by molar-refractivity contribution is 6.34. The van der Waals surface area contributed by atoms with Crippen molar-refractivity contribution in [1.82, 2.24) is 10.1 Å². The quantitative estimate of drug-likeness (QED) is 0.450. The van der Waals surface area contributed by atoms with Crippen LogP contribution in [0.25, 0.3) is 0 Å². The van der Waals surface area contributed by atoms with Crippen LogP contribution in [0.2, 0.25) is 5.02 Å². The van der Waals surface area contributed by atoms with E-state index in [0.29, 0.717) is 23.9 Å². The van der Waals surface area contributed by atoms with Crippen LogP contribution in [-0.2, 0) is 17.8 Å². The van der Waals surface area contributed by atoms with E-state index < -0.39 is 11.9 Å². The number of methoxy groups -OCH3 is 2. The lowest BCUT2D eigenvalue weighted by atomic mass is 10.1. The van der Waals surface area contributed by atoms with Crippen LogP contribution in [0.3, 0.4) is 0 Å². The van der Waals surface area contributed by atoms with Crippen LogP contribution in [-0.4, -0.2) is 36.2 Å². The molecule has 0 aliphatic carbocycles. The molecule has 1 amide bonds. The first kappa shape index (κ1) is 24.1. The maximum absolute atomic E-state index is 12.9. The number of amides is 1. The van der Waals surface area contributed by atoms with Crippen LogP contribution in [0.15, 0.2) is 40.9 Å². The van der Waals surface area contributed by atoms with Crippen molar-refractivity contribution in [3.63, 3.8) is 0 Å². The van der Waals surface area contributed by atoms with Gasteiger partial charge < -0.3 is 24.1 Å². The van der Waals surface area contributed by atoms with Gasteiger partial charge in [-0.3, -0.25) is 4.79 Å². The molecule has 0 unspecified atom stereocenters. The molecule has 1 heterocycles. The number of halogens is 1. The third-order valence-corrected chi connectivity index (χ3v) is 4.87. The van der Waals surface area contributed by atoms with Gasteiger partial charge in [0.1, 0.15) is 0 Å². The molecule has 0 spiro atoms. The Morgan fingerprint density at radius 1 is 1.09 bits per heavy atom. The van der Waals surface area contributed by atoms with Crippen molar-refractivity contribution in [2.75, 3.05) is 19.5 Å². The summed E-state index contributed by atoms with van der Waals surface area (Å²) in [6.07, 6.45) is 0.644. The Hall–Kier alpha value is -3.59. The highest BCUT2D eigenvalue weighted by atomic mass is 35.5.